The molecule has 22 heavy (non-hydrogen) atoms. The first kappa shape index (κ1) is 14.1. The molecule has 0 saturated carbocycles. The quantitative estimate of drug-likeness (QED) is 0.383. The summed E-state index contributed by atoms with van der Waals surface area (Å²) in [5.41, 5.74) is 0.365. The van der Waals surface area contributed by atoms with Crippen LogP contribution in [-0.2, 0) is 4.52 Å². The van der Waals surface area contributed by atoms with Crippen LogP contribution in [0, 0.1) is 10.1 Å². The molecule has 1 aromatic rings. The van der Waals surface area contributed by atoms with Gasteiger partial charge in [0.25, 0.3) is 0 Å². The van der Waals surface area contributed by atoms with E-state index in [1.54, 1.807) is 0 Å². The number of benzene rings is 1. The lowest BCUT2D eigenvalue weighted by atomic mass is 10.0. The Bertz CT molecular complexity index is 608. The number of hydrogen-bond acceptors (Lipinski definition) is 7. The van der Waals surface area contributed by atoms with E-state index in [-0.39, 0.29) is 17.5 Å². The highest BCUT2D eigenvalue weighted by atomic mass is 31.2. The average molecular weight is 325 g/mol. The monoisotopic (exact) mass is 325 g/mol. The number of nitrogens with zero attached hydrogens (tertiary/aromatic N) is 3. The van der Waals surface area contributed by atoms with Crippen LogP contribution >= 0.6 is 8.45 Å². The maximum Gasteiger partial charge on any atom is 0.314 e. The molecule has 2 saturated heterocycles. The molecule has 0 radical (unpaired) electrons. The normalized spacial score (nSPS) is 24.0. The van der Waals surface area contributed by atoms with Crippen molar-refractivity contribution in [3.05, 3.63) is 27.8 Å². The van der Waals surface area contributed by atoms with Gasteiger partial charge in [0.15, 0.2) is 14.2 Å². The molecule has 1 N–H and O–H groups in total. The molecule has 1 atom stereocenters. The van der Waals surface area contributed by atoms with Gasteiger partial charge >= 0.3 is 5.69 Å². The predicted molar refractivity (Wildman–Crippen MR) is 78.8 cm³/mol. The van der Waals surface area contributed by atoms with Gasteiger partial charge in [-0.15, -0.1) is 0 Å². The van der Waals surface area contributed by atoms with E-state index in [0.717, 1.165) is 26.2 Å². The average Bonchev–Trinajstić information content (AvgIpc) is 3.37. The van der Waals surface area contributed by atoms with Crippen LogP contribution in [0.5, 0.6) is 11.5 Å². The molecule has 2 fully saturated rings. The predicted octanol–water partition coefficient (Wildman–Crippen LogP) is 2.00. The Balaban J connectivity index is 1.61. The fourth-order valence-corrected chi connectivity index (χ4v) is 4.43. The zero-order valence-corrected chi connectivity index (χ0v) is 12.7. The second-order valence-electron chi connectivity index (χ2n) is 5.53. The highest BCUT2D eigenvalue weighted by Gasteiger charge is 2.42. The lowest BCUT2D eigenvalue weighted by molar-refractivity contribution is -0.386. The van der Waals surface area contributed by atoms with Gasteiger partial charge in [0.05, 0.1) is 23.7 Å². The number of hydrogen-bond donors (Lipinski definition) is 1. The first-order chi connectivity index (χ1) is 10.6. The molecule has 3 aliphatic rings. The van der Waals surface area contributed by atoms with Crippen molar-refractivity contribution < 1.29 is 19.3 Å². The smallest absolute Gasteiger partial charge is 0.314 e. The molecule has 3 aliphatic heterocycles. The summed E-state index contributed by atoms with van der Waals surface area (Å²) in [6.07, 6.45) is 0.493. The Morgan fingerprint density at radius 1 is 1.32 bits per heavy atom. The summed E-state index contributed by atoms with van der Waals surface area (Å²) in [6.45, 7) is 4.70. The van der Waals surface area contributed by atoms with Crippen LogP contribution < -0.4 is 4.74 Å². The number of fused-ring (bicyclic) bond motifs is 1. The first-order valence-electron chi connectivity index (χ1n) is 7.24. The summed E-state index contributed by atoms with van der Waals surface area (Å²) < 4.78 is 16.4. The molecule has 4 rings (SSSR count). The van der Waals surface area contributed by atoms with Crippen LogP contribution in [0.3, 0.4) is 0 Å². The van der Waals surface area contributed by atoms with Gasteiger partial charge in [-0.3, -0.25) is 10.1 Å². The third-order valence-electron chi connectivity index (χ3n) is 3.84. The van der Waals surface area contributed by atoms with E-state index in [9.17, 15) is 15.2 Å². The van der Waals surface area contributed by atoms with Gasteiger partial charge in [-0.05, 0) is 6.07 Å². The van der Waals surface area contributed by atoms with Gasteiger partial charge < -0.3 is 14.4 Å². The lowest BCUT2D eigenvalue weighted by Crippen LogP contribution is -2.17. The van der Waals surface area contributed by atoms with Gasteiger partial charge in [-0.1, -0.05) is 0 Å². The molecule has 3 heterocycles. The minimum absolute atomic E-state index is 0.192. The standard InChI is InChI=1S/C13H16N3O5P/c17-11-7-9-12(21-22(14-2-3-14)15-4-5-15)1-6-20-13(9)8-10(11)16(18)19/h7-8,12,17H,1-6H2. The van der Waals surface area contributed by atoms with Gasteiger partial charge in [0.2, 0.25) is 0 Å². The minimum Gasteiger partial charge on any atom is -0.502 e. The molecule has 8 nitrogen and oxygen atoms in total. The van der Waals surface area contributed by atoms with Crippen LogP contribution in [0.4, 0.5) is 5.69 Å². The maximum atomic E-state index is 10.9. The number of aromatic hydroxyl groups is 1. The van der Waals surface area contributed by atoms with Crippen molar-refractivity contribution in [1.82, 2.24) is 9.34 Å². The maximum absolute atomic E-state index is 10.9. The van der Waals surface area contributed by atoms with Crippen LogP contribution in [0.2, 0.25) is 0 Å². The number of rotatable bonds is 5. The largest absolute Gasteiger partial charge is 0.502 e. The molecular formula is C13H16N3O5P. The van der Waals surface area contributed by atoms with Crippen molar-refractivity contribution in [1.29, 1.82) is 0 Å². The molecular weight excluding hydrogens is 309 g/mol. The summed E-state index contributed by atoms with van der Waals surface area (Å²) in [5, 5.41) is 20.8. The highest BCUT2D eigenvalue weighted by Crippen LogP contribution is 2.57. The molecule has 0 bridgehead atoms. The van der Waals surface area contributed by atoms with E-state index >= 15 is 0 Å². The second-order valence-corrected chi connectivity index (χ2v) is 7.37. The number of nitro groups is 1. The number of phenolic OH excluding ortho intramolecular Hbond substituents is 1. The molecule has 118 valence electrons. The Morgan fingerprint density at radius 2 is 2.00 bits per heavy atom. The third-order valence-corrected chi connectivity index (χ3v) is 6.05. The van der Waals surface area contributed by atoms with Gasteiger partial charge in [0, 0.05) is 38.2 Å². The summed E-state index contributed by atoms with van der Waals surface area (Å²) in [5.74, 6) is 0.0953. The Morgan fingerprint density at radius 3 is 2.59 bits per heavy atom. The molecule has 0 spiro atoms. The Kier molecular flexibility index (Phi) is 3.41. The van der Waals surface area contributed by atoms with Crippen molar-refractivity contribution >= 4 is 14.1 Å². The molecule has 1 unspecified atom stereocenters. The summed E-state index contributed by atoms with van der Waals surface area (Å²) in [4.78, 5) is 10.3. The van der Waals surface area contributed by atoms with E-state index in [1.165, 1.54) is 12.1 Å². The SMILES string of the molecule is O=[N+]([O-])c1cc2c(cc1O)C(OP(N1CC1)N1CC1)CCO2. The highest BCUT2D eigenvalue weighted by molar-refractivity contribution is 7.48. The molecule has 0 aromatic heterocycles. The zero-order valence-electron chi connectivity index (χ0n) is 11.8. The summed E-state index contributed by atoms with van der Waals surface area (Å²) in [6, 6.07) is 2.70. The van der Waals surface area contributed by atoms with Crippen molar-refractivity contribution in [3.8, 4) is 11.5 Å². The van der Waals surface area contributed by atoms with Gasteiger partial charge in [-0.2, -0.15) is 0 Å². The molecule has 0 amide bonds. The number of ether oxygens (including phenoxy) is 1. The zero-order chi connectivity index (χ0) is 15.3. The number of phenols is 1. The minimum atomic E-state index is -0.738. The van der Waals surface area contributed by atoms with Gasteiger partial charge in [-0.25, -0.2) is 9.34 Å². The van der Waals surface area contributed by atoms with Crippen molar-refractivity contribution in [2.75, 3.05) is 32.8 Å². The van der Waals surface area contributed by atoms with E-state index in [2.05, 4.69) is 9.34 Å². The van der Waals surface area contributed by atoms with Crippen LogP contribution in [0.15, 0.2) is 12.1 Å². The van der Waals surface area contributed by atoms with Gasteiger partial charge in [0.1, 0.15) is 5.75 Å². The lowest BCUT2D eigenvalue weighted by Gasteiger charge is -2.30. The van der Waals surface area contributed by atoms with E-state index in [1.807, 2.05) is 0 Å². The van der Waals surface area contributed by atoms with Crippen molar-refractivity contribution in [2.45, 2.75) is 12.5 Å². The van der Waals surface area contributed by atoms with Crippen LogP contribution in [0.25, 0.3) is 0 Å². The summed E-state index contributed by atoms with van der Waals surface area (Å²) in [7, 11) is -0.738. The fraction of sp³-hybridized carbons (Fsp3) is 0.538. The van der Waals surface area contributed by atoms with Crippen LogP contribution in [0.1, 0.15) is 18.1 Å². The topological polar surface area (TPSA) is 87.9 Å². The van der Waals surface area contributed by atoms with Crippen LogP contribution in [-0.4, -0.2) is 52.2 Å². The van der Waals surface area contributed by atoms with E-state index in [0.29, 0.717) is 24.3 Å². The fourth-order valence-electron chi connectivity index (χ4n) is 2.50. The Hall–Kier alpha value is -1.47. The van der Waals surface area contributed by atoms with E-state index < -0.39 is 13.4 Å². The second kappa shape index (κ2) is 5.31. The van der Waals surface area contributed by atoms with Crippen molar-refractivity contribution in [3.63, 3.8) is 0 Å². The molecule has 9 heteroatoms. The third kappa shape index (κ3) is 2.63. The van der Waals surface area contributed by atoms with Crippen molar-refractivity contribution in [2.24, 2.45) is 0 Å². The Labute approximate surface area is 128 Å². The number of nitro benzene ring substituents is 1. The molecule has 1 aromatic carbocycles. The molecule has 0 aliphatic carbocycles. The summed E-state index contributed by atoms with van der Waals surface area (Å²) >= 11 is 0. The van der Waals surface area contributed by atoms with E-state index in [4.69, 9.17) is 9.26 Å². The first-order valence-corrected chi connectivity index (χ1v) is 8.41.